The van der Waals surface area contributed by atoms with Gasteiger partial charge in [-0.15, -0.1) is 0 Å². The van der Waals surface area contributed by atoms with E-state index in [0.29, 0.717) is 21.3 Å². The van der Waals surface area contributed by atoms with Crippen molar-refractivity contribution in [3.8, 4) is 0 Å². The molecule has 2 N–H and O–H groups in total. The molecule has 5 atom stereocenters. The Morgan fingerprint density at radius 2 is 2.09 bits per heavy atom. The van der Waals surface area contributed by atoms with Crippen LogP contribution < -0.4 is 40.2 Å². The van der Waals surface area contributed by atoms with E-state index >= 15 is 0 Å². The topological polar surface area (TPSA) is 147 Å². The Kier molecular flexibility index (Phi) is 7.21. The Balaban J connectivity index is 0.00000245. The number of ether oxygens (including phenoxy) is 2. The summed E-state index contributed by atoms with van der Waals surface area (Å²) in [5, 5.41) is 1.11. The summed E-state index contributed by atoms with van der Waals surface area (Å²) in [7, 11) is -2.99. The summed E-state index contributed by atoms with van der Waals surface area (Å²) in [4.78, 5) is 25.6. The van der Waals surface area contributed by atoms with Gasteiger partial charge in [0.05, 0.1) is 6.61 Å². The van der Waals surface area contributed by atoms with Crippen LogP contribution in [0.4, 0.5) is 5.82 Å². The van der Waals surface area contributed by atoms with Gasteiger partial charge in [-0.3, -0.25) is 9.13 Å². The maximum absolute atomic E-state index is 11.8. The van der Waals surface area contributed by atoms with E-state index in [1.165, 1.54) is 25.2 Å². The fourth-order valence-corrected chi connectivity index (χ4v) is 5.57. The van der Waals surface area contributed by atoms with Gasteiger partial charge in [-0.2, -0.15) is 0 Å². The number of halogens is 1. The van der Waals surface area contributed by atoms with Crippen molar-refractivity contribution < 1.29 is 57.5 Å². The van der Waals surface area contributed by atoms with Crippen LogP contribution in [0.3, 0.4) is 0 Å². The SMILES string of the molecule is COC1[C@H]2OP(=O)([O-])OC[C@@H]2O[C@@H]1n1c(Sc2ccc(Cl)cc2)nc2c(N)ncnc21.[Na+]. The molecule has 11 nitrogen and oxygen atoms in total. The molecule has 0 bridgehead atoms. The van der Waals surface area contributed by atoms with Crippen molar-refractivity contribution in [2.24, 2.45) is 0 Å². The number of nitrogens with two attached hydrogens (primary N) is 1. The van der Waals surface area contributed by atoms with Gasteiger partial charge >= 0.3 is 29.6 Å². The number of fused-ring (bicyclic) bond motifs is 2. The Bertz CT molecular complexity index is 1190. The van der Waals surface area contributed by atoms with Crippen molar-refractivity contribution in [3.63, 3.8) is 0 Å². The molecule has 4 heterocycles. The molecule has 5 rings (SSSR count). The van der Waals surface area contributed by atoms with Crippen LogP contribution in [0.15, 0.2) is 40.6 Å². The molecule has 0 spiro atoms. The van der Waals surface area contributed by atoms with E-state index in [1.54, 1.807) is 16.7 Å². The summed E-state index contributed by atoms with van der Waals surface area (Å²) in [5.74, 6) is 0.203. The zero-order chi connectivity index (χ0) is 21.8. The van der Waals surface area contributed by atoms with Crippen molar-refractivity contribution >= 4 is 48.2 Å². The Hall–Kier alpha value is -0.760. The number of hydrogen-bond donors (Lipinski definition) is 1. The number of benzene rings is 1. The molecular weight excluding hydrogens is 492 g/mol. The first-order valence-corrected chi connectivity index (χ1v) is 11.8. The summed E-state index contributed by atoms with van der Waals surface area (Å²) in [6.07, 6.45) is -1.78. The number of phosphoric acid groups is 1. The molecule has 0 saturated carbocycles. The van der Waals surface area contributed by atoms with Gasteiger partial charge in [0.2, 0.25) is 0 Å². The third-order valence-corrected chi connectivity index (χ3v) is 7.15. The molecule has 2 aromatic heterocycles. The molecule has 15 heteroatoms. The number of phosphoric ester groups is 1. The maximum atomic E-state index is 11.8. The van der Waals surface area contributed by atoms with Crippen molar-refractivity contribution in [3.05, 3.63) is 35.6 Å². The van der Waals surface area contributed by atoms with Gasteiger partial charge in [-0.1, -0.05) is 23.4 Å². The van der Waals surface area contributed by atoms with E-state index in [2.05, 4.69) is 15.0 Å². The van der Waals surface area contributed by atoms with Gasteiger partial charge < -0.3 is 29.1 Å². The van der Waals surface area contributed by atoms with Gasteiger partial charge in [-0.25, -0.2) is 15.0 Å². The molecule has 2 fully saturated rings. The summed E-state index contributed by atoms with van der Waals surface area (Å²) in [6.45, 7) is -0.175. The largest absolute Gasteiger partial charge is 1.00 e. The molecule has 0 radical (unpaired) electrons. The van der Waals surface area contributed by atoms with Crippen molar-refractivity contribution in [2.45, 2.75) is 34.6 Å². The van der Waals surface area contributed by atoms with E-state index < -0.39 is 32.4 Å². The fourth-order valence-electron chi connectivity index (χ4n) is 3.59. The zero-order valence-corrected chi connectivity index (χ0v) is 21.4. The number of aromatic nitrogens is 4. The van der Waals surface area contributed by atoms with Crippen molar-refractivity contribution in [2.75, 3.05) is 19.5 Å². The van der Waals surface area contributed by atoms with Crippen molar-refractivity contribution in [1.29, 1.82) is 0 Å². The number of hydrogen-bond acceptors (Lipinski definition) is 11. The van der Waals surface area contributed by atoms with Crippen LogP contribution in [-0.4, -0.2) is 51.5 Å². The van der Waals surface area contributed by atoms with E-state index in [1.807, 2.05) is 12.1 Å². The van der Waals surface area contributed by atoms with Crippen LogP contribution in [0.25, 0.3) is 11.2 Å². The smallest absolute Gasteiger partial charge is 0.756 e. The molecule has 0 aliphatic carbocycles. The molecule has 164 valence electrons. The standard InChI is InChI=1S/C17H17ClN5O6PS.Na/c1-26-13-12-10(6-27-30(24,25)29-12)28-16(13)23-15-11(14(19)20-7-21-15)22-17(23)31-9-4-2-8(18)3-5-9;/h2-5,7,10,12-13,16H,6H2,1H3,(H,24,25)(H2,19,20,21);/q;+1/p-1/t10-,12-,13?,16-;/m0./s1. The third-order valence-electron chi connectivity index (χ3n) is 4.96. The Morgan fingerprint density at radius 1 is 1.34 bits per heavy atom. The minimum atomic E-state index is -4.44. The predicted octanol–water partition coefficient (Wildman–Crippen LogP) is -0.987. The fraction of sp³-hybridized carbons (Fsp3) is 0.353. The molecule has 32 heavy (non-hydrogen) atoms. The predicted molar refractivity (Wildman–Crippen MR) is 108 cm³/mol. The van der Waals surface area contributed by atoms with Crippen LogP contribution in [-0.2, 0) is 23.1 Å². The second-order valence-electron chi connectivity index (χ2n) is 6.83. The van der Waals surface area contributed by atoms with E-state index in [-0.39, 0.29) is 42.0 Å². The molecule has 2 aliphatic rings. The number of anilines is 1. The minimum Gasteiger partial charge on any atom is -0.756 e. The van der Waals surface area contributed by atoms with Crippen LogP contribution in [0.2, 0.25) is 5.02 Å². The number of methoxy groups -OCH3 is 1. The van der Waals surface area contributed by atoms with Crippen molar-refractivity contribution in [1.82, 2.24) is 19.5 Å². The molecule has 2 aliphatic heterocycles. The molecule has 3 aromatic rings. The second-order valence-corrected chi connectivity index (χ2v) is 9.67. The van der Waals surface area contributed by atoms with Crippen LogP contribution in [0.5, 0.6) is 0 Å². The molecule has 1 aromatic carbocycles. The van der Waals surface area contributed by atoms with Gasteiger partial charge in [0.1, 0.15) is 24.6 Å². The quantitative estimate of drug-likeness (QED) is 0.343. The van der Waals surface area contributed by atoms with E-state index in [0.717, 1.165) is 4.90 Å². The molecule has 2 saturated heterocycles. The second kappa shape index (κ2) is 9.47. The van der Waals surface area contributed by atoms with Gasteiger partial charge in [0, 0.05) is 17.0 Å². The Labute approximate surface area is 213 Å². The number of nitrogen functional groups attached to an aromatic ring is 1. The molecule has 0 amide bonds. The van der Waals surface area contributed by atoms with Gasteiger partial charge in [0.15, 0.2) is 28.4 Å². The normalized spacial score (nSPS) is 29.6. The number of nitrogens with zero attached hydrogens (tertiary/aromatic N) is 4. The summed E-state index contributed by atoms with van der Waals surface area (Å²) >= 11 is 7.33. The summed E-state index contributed by atoms with van der Waals surface area (Å²) < 4.78 is 35.2. The maximum Gasteiger partial charge on any atom is 1.00 e. The first-order valence-electron chi connectivity index (χ1n) is 9.10. The summed E-state index contributed by atoms with van der Waals surface area (Å²) in [6, 6.07) is 7.22. The van der Waals surface area contributed by atoms with Crippen LogP contribution in [0, 0.1) is 0 Å². The number of imidazole rings is 1. The summed E-state index contributed by atoms with van der Waals surface area (Å²) in [5.41, 5.74) is 6.83. The van der Waals surface area contributed by atoms with E-state index in [4.69, 9.17) is 35.9 Å². The number of rotatable bonds is 4. The van der Waals surface area contributed by atoms with Gasteiger partial charge in [-0.05, 0) is 24.3 Å². The zero-order valence-electron chi connectivity index (χ0n) is 17.0. The minimum absolute atomic E-state index is 0. The third kappa shape index (κ3) is 4.47. The first-order chi connectivity index (χ1) is 14.9. The average Bonchev–Trinajstić information content (AvgIpc) is 3.26. The van der Waals surface area contributed by atoms with E-state index in [9.17, 15) is 9.46 Å². The van der Waals surface area contributed by atoms with Crippen LogP contribution >= 0.6 is 31.2 Å². The Morgan fingerprint density at radius 3 is 2.81 bits per heavy atom. The van der Waals surface area contributed by atoms with Gasteiger partial charge in [0.25, 0.3) is 7.82 Å². The van der Waals surface area contributed by atoms with Crippen LogP contribution in [0.1, 0.15) is 6.23 Å². The molecular formula is C17H16ClN5NaO6PS. The first kappa shape index (κ1) is 24.4. The monoisotopic (exact) mass is 507 g/mol. The molecule has 2 unspecified atom stereocenters. The average molecular weight is 508 g/mol.